The summed E-state index contributed by atoms with van der Waals surface area (Å²) in [7, 11) is 4.49. The molecule has 0 radical (unpaired) electrons. The Morgan fingerprint density at radius 2 is 2.07 bits per heavy atom. The van der Waals surface area contributed by atoms with Gasteiger partial charge in [0.25, 0.3) is 0 Å². The molecule has 1 unspecified atom stereocenters. The largest absolute Gasteiger partial charge is 0.494 e. The predicted octanol–water partition coefficient (Wildman–Crippen LogP) is 2.16. The molecular formula is C19H21N3O5. The van der Waals surface area contributed by atoms with E-state index in [1.54, 1.807) is 31.5 Å². The van der Waals surface area contributed by atoms with Crippen LogP contribution in [0.1, 0.15) is 23.5 Å². The van der Waals surface area contributed by atoms with E-state index in [-0.39, 0.29) is 30.8 Å². The minimum Gasteiger partial charge on any atom is -0.494 e. The van der Waals surface area contributed by atoms with Crippen molar-refractivity contribution in [2.24, 2.45) is 0 Å². The number of nitrogens with one attached hydrogen (secondary N) is 2. The van der Waals surface area contributed by atoms with Crippen LogP contribution >= 0.6 is 0 Å². The van der Waals surface area contributed by atoms with E-state index >= 15 is 0 Å². The van der Waals surface area contributed by atoms with Gasteiger partial charge in [-0.3, -0.25) is 9.59 Å². The van der Waals surface area contributed by atoms with E-state index in [2.05, 4.69) is 15.6 Å². The lowest BCUT2D eigenvalue weighted by molar-refractivity contribution is -0.119. The summed E-state index contributed by atoms with van der Waals surface area (Å²) < 4.78 is 15.6. The molecule has 0 saturated carbocycles. The molecule has 8 heteroatoms. The Balaban J connectivity index is 2.09. The summed E-state index contributed by atoms with van der Waals surface area (Å²) in [5.41, 5.74) is 2.77. The molecule has 8 nitrogen and oxygen atoms in total. The maximum absolute atomic E-state index is 12.3. The Morgan fingerprint density at radius 3 is 2.78 bits per heavy atom. The van der Waals surface area contributed by atoms with Crippen LogP contribution in [0.5, 0.6) is 11.6 Å². The van der Waals surface area contributed by atoms with Crippen LogP contribution in [-0.2, 0) is 14.3 Å². The Labute approximate surface area is 156 Å². The zero-order valence-electron chi connectivity index (χ0n) is 15.4. The molecule has 0 fully saturated rings. The van der Waals surface area contributed by atoms with Gasteiger partial charge in [-0.1, -0.05) is 6.07 Å². The van der Waals surface area contributed by atoms with E-state index in [0.29, 0.717) is 23.0 Å². The van der Waals surface area contributed by atoms with Crippen molar-refractivity contribution in [1.82, 2.24) is 4.98 Å². The lowest BCUT2D eigenvalue weighted by Gasteiger charge is -2.28. The number of benzene rings is 1. The zero-order valence-corrected chi connectivity index (χ0v) is 15.4. The second-order valence-corrected chi connectivity index (χ2v) is 6.03. The van der Waals surface area contributed by atoms with E-state index in [0.717, 1.165) is 11.1 Å². The fourth-order valence-electron chi connectivity index (χ4n) is 3.19. The first-order valence-electron chi connectivity index (χ1n) is 8.36. The number of methoxy groups -OCH3 is 3. The van der Waals surface area contributed by atoms with Crippen molar-refractivity contribution in [3.05, 3.63) is 41.6 Å². The molecule has 2 aromatic rings. The van der Waals surface area contributed by atoms with Gasteiger partial charge in [-0.05, 0) is 17.7 Å². The Morgan fingerprint density at radius 1 is 1.26 bits per heavy atom. The van der Waals surface area contributed by atoms with Crippen molar-refractivity contribution in [2.75, 3.05) is 38.6 Å². The van der Waals surface area contributed by atoms with E-state index in [1.165, 1.54) is 14.2 Å². The van der Waals surface area contributed by atoms with Crippen LogP contribution in [0.4, 0.5) is 11.4 Å². The molecule has 0 aliphatic carbocycles. The number of hydrogen-bond acceptors (Lipinski definition) is 6. The van der Waals surface area contributed by atoms with Gasteiger partial charge in [0, 0.05) is 43.0 Å². The van der Waals surface area contributed by atoms with Crippen molar-refractivity contribution in [1.29, 1.82) is 0 Å². The summed E-state index contributed by atoms with van der Waals surface area (Å²) in [6.45, 7) is -0.0726. The normalized spacial score (nSPS) is 15.5. The molecule has 1 aliphatic rings. The summed E-state index contributed by atoms with van der Waals surface area (Å²) in [6, 6.07) is 7.18. The smallest absolute Gasteiger partial charge is 0.250 e. The van der Waals surface area contributed by atoms with Crippen LogP contribution in [-0.4, -0.2) is 44.7 Å². The van der Waals surface area contributed by atoms with Crippen LogP contribution < -0.4 is 20.1 Å². The van der Waals surface area contributed by atoms with Crippen LogP contribution in [0.3, 0.4) is 0 Å². The first-order valence-corrected chi connectivity index (χ1v) is 8.36. The molecule has 2 amide bonds. The van der Waals surface area contributed by atoms with E-state index in [1.807, 2.05) is 6.07 Å². The molecule has 1 aromatic carbocycles. The minimum absolute atomic E-state index is 0.0726. The van der Waals surface area contributed by atoms with Crippen LogP contribution in [0, 0.1) is 0 Å². The summed E-state index contributed by atoms with van der Waals surface area (Å²) >= 11 is 0. The van der Waals surface area contributed by atoms with Crippen LogP contribution in [0.2, 0.25) is 0 Å². The molecule has 1 aromatic heterocycles. The molecule has 1 aliphatic heterocycles. The highest BCUT2D eigenvalue weighted by molar-refractivity contribution is 5.98. The van der Waals surface area contributed by atoms with Crippen molar-refractivity contribution in [3.8, 4) is 11.6 Å². The third kappa shape index (κ3) is 3.85. The predicted molar refractivity (Wildman–Crippen MR) is 99.4 cm³/mol. The number of aromatic nitrogens is 1. The second kappa shape index (κ2) is 8.05. The van der Waals surface area contributed by atoms with Gasteiger partial charge in [-0.25, -0.2) is 4.98 Å². The van der Waals surface area contributed by atoms with Gasteiger partial charge in [0.1, 0.15) is 12.4 Å². The number of hydrogen-bond donors (Lipinski definition) is 2. The third-order valence-corrected chi connectivity index (χ3v) is 4.33. The lowest BCUT2D eigenvalue weighted by Crippen LogP contribution is -2.25. The number of ether oxygens (including phenoxy) is 3. The van der Waals surface area contributed by atoms with Gasteiger partial charge in [-0.2, -0.15) is 0 Å². The van der Waals surface area contributed by atoms with Gasteiger partial charge in [0.05, 0.1) is 19.9 Å². The molecule has 3 rings (SSSR count). The first kappa shape index (κ1) is 18.7. The standard InChI is InChI=1S/C19H21N3O5/c1-25-10-18(24)22-15-7-13-12(11-5-4-6-20-19(11)27-3)8-17(23)21-14(13)9-16(15)26-2/h4-7,9,12H,8,10H2,1-3H3,(H,21,23)(H,22,24). The zero-order chi connectivity index (χ0) is 19.4. The highest BCUT2D eigenvalue weighted by atomic mass is 16.5. The topological polar surface area (TPSA) is 98.8 Å². The summed E-state index contributed by atoms with van der Waals surface area (Å²) in [6.07, 6.45) is 1.88. The van der Waals surface area contributed by atoms with E-state index in [4.69, 9.17) is 14.2 Å². The van der Waals surface area contributed by atoms with Gasteiger partial charge in [0.15, 0.2) is 0 Å². The monoisotopic (exact) mass is 371 g/mol. The molecule has 0 saturated heterocycles. The molecule has 2 N–H and O–H groups in total. The average Bonchev–Trinajstić information content (AvgIpc) is 2.67. The third-order valence-electron chi connectivity index (χ3n) is 4.33. The molecule has 2 heterocycles. The maximum atomic E-state index is 12.3. The van der Waals surface area contributed by atoms with Gasteiger partial charge in [0.2, 0.25) is 17.7 Å². The molecule has 0 bridgehead atoms. The van der Waals surface area contributed by atoms with Gasteiger partial charge >= 0.3 is 0 Å². The Hall–Kier alpha value is -3.13. The van der Waals surface area contributed by atoms with Crippen molar-refractivity contribution >= 4 is 23.2 Å². The highest BCUT2D eigenvalue weighted by Crippen LogP contribution is 2.43. The summed E-state index contributed by atoms with van der Waals surface area (Å²) in [5, 5.41) is 5.64. The van der Waals surface area contributed by atoms with Crippen molar-refractivity contribution in [2.45, 2.75) is 12.3 Å². The fourth-order valence-corrected chi connectivity index (χ4v) is 3.19. The number of carbonyl (C=O) groups excluding carboxylic acids is 2. The molecular weight excluding hydrogens is 350 g/mol. The highest BCUT2D eigenvalue weighted by Gasteiger charge is 2.30. The Kier molecular flexibility index (Phi) is 5.56. The first-order chi connectivity index (χ1) is 13.1. The van der Waals surface area contributed by atoms with Crippen molar-refractivity contribution in [3.63, 3.8) is 0 Å². The van der Waals surface area contributed by atoms with E-state index < -0.39 is 0 Å². The SMILES string of the molecule is COCC(=O)Nc1cc2c(cc1OC)NC(=O)CC2c1cccnc1OC. The van der Waals surface area contributed by atoms with Gasteiger partial charge < -0.3 is 24.8 Å². The van der Waals surface area contributed by atoms with Crippen molar-refractivity contribution < 1.29 is 23.8 Å². The number of fused-ring (bicyclic) bond motifs is 1. The lowest BCUT2D eigenvalue weighted by atomic mass is 9.84. The summed E-state index contributed by atoms with van der Waals surface area (Å²) in [4.78, 5) is 28.5. The second-order valence-electron chi connectivity index (χ2n) is 6.03. The Bertz CT molecular complexity index is 868. The van der Waals surface area contributed by atoms with Crippen LogP contribution in [0.15, 0.2) is 30.5 Å². The summed E-state index contributed by atoms with van der Waals surface area (Å²) in [5.74, 6) is 0.227. The number of anilines is 2. The quantitative estimate of drug-likeness (QED) is 0.807. The molecule has 142 valence electrons. The average molecular weight is 371 g/mol. The van der Waals surface area contributed by atoms with Crippen LogP contribution in [0.25, 0.3) is 0 Å². The number of rotatable bonds is 6. The van der Waals surface area contributed by atoms with Gasteiger partial charge in [-0.15, -0.1) is 0 Å². The number of amides is 2. The number of carbonyl (C=O) groups is 2. The maximum Gasteiger partial charge on any atom is 0.250 e. The molecule has 1 atom stereocenters. The molecule has 27 heavy (non-hydrogen) atoms. The minimum atomic E-state index is -0.300. The van der Waals surface area contributed by atoms with E-state index in [9.17, 15) is 9.59 Å². The number of pyridine rings is 1. The molecule has 0 spiro atoms. The fraction of sp³-hybridized carbons (Fsp3) is 0.316. The number of nitrogens with zero attached hydrogens (tertiary/aromatic N) is 1.